The molecule has 0 saturated heterocycles. The summed E-state index contributed by atoms with van der Waals surface area (Å²) < 4.78 is 7.20. The van der Waals surface area contributed by atoms with Crippen LogP contribution in [0.1, 0.15) is 16.3 Å². The fourth-order valence-electron chi connectivity index (χ4n) is 2.36. The number of para-hydroxylation sites is 1. The van der Waals surface area contributed by atoms with E-state index >= 15 is 0 Å². The van der Waals surface area contributed by atoms with Gasteiger partial charge in [-0.3, -0.25) is 9.59 Å². The van der Waals surface area contributed by atoms with Gasteiger partial charge in [-0.25, -0.2) is 0 Å². The molecule has 1 amide bonds. The lowest BCUT2D eigenvalue weighted by molar-refractivity contribution is 0.0794. The smallest absolute Gasteiger partial charge is 0.289 e. The molecule has 0 atom stereocenters. The molecule has 0 saturated carbocycles. The van der Waals surface area contributed by atoms with Crippen molar-refractivity contribution in [2.75, 3.05) is 14.1 Å². The normalized spacial score (nSPS) is 10.8. The van der Waals surface area contributed by atoms with Gasteiger partial charge in [-0.1, -0.05) is 18.2 Å². The fourth-order valence-corrected chi connectivity index (χ4v) is 2.36. The molecule has 5 nitrogen and oxygen atoms in total. The minimum absolute atomic E-state index is 0.101. The number of hydrogen-bond donors (Lipinski definition) is 0. The molecule has 0 spiro atoms. The number of aromatic nitrogens is 1. The van der Waals surface area contributed by atoms with Gasteiger partial charge >= 0.3 is 0 Å². The Bertz CT molecular complexity index is 890. The molecular formula is C17H16N2O3. The zero-order valence-electron chi connectivity index (χ0n) is 12.4. The van der Waals surface area contributed by atoms with Crippen LogP contribution < -0.4 is 5.56 Å². The minimum Gasteiger partial charge on any atom is -0.454 e. The SMILES string of the molecule is CN(C)C(=O)c1ccc(Cn2c(=O)ccc3ccccc32)o1. The van der Waals surface area contributed by atoms with E-state index in [2.05, 4.69) is 0 Å². The second kappa shape index (κ2) is 5.52. The molecule has 0 bridgehead atoms. The van der Waals surface area contributed by atoms with Crippen LogP contribution in [-0.4, -0.2) is 29.5 Å². The fraction of sp³-hybridized carbons (Fsp3) is 0.176. The van der Waals surface area contributed by atoms with E-state index in [9.17, 15) is 9.59 Å². The van der Waals surface area contributed by atoms with E-state index in [4.69, 9.17) is 4.42 Å². The molecule has 0 aliphatic rings. The van der Waals surface area contributed by atoms with E-state index < -0.39 is 0 Å². The summed E-state index contributed by atoms with van der Waals surface area (Å²) in [5.74, 6) is 0.647. The van der Waals surface area contributed by atoms with Gasteiger partial charge in [-0.15, -0.1) is 0 Å². The average Bonchev–Trinajstić information content (AvgIpc) is 2.98. The van der Waals surface area contributed by atoms with Crippen molar-refractivity contribution in [3.05, 3.63) is 70.4 Å². The number of fused-ring (bicyclic) bond motifs is 1. The van der Waals surface area contributed by atoms with Crippen LogP contribution >= 0.6 is 0 Å². The van der Waals surface area contributed by atoms with Gasteiger partial charge in [0.25, 0.3) is 11.5 Å². The first-order chi connectivity index (χ1) is 10.6. The Morgan fingerprint density at radius 3 is 2.64 bits per heavy atom. The Morgan fingerprint density at radius 1 is 1.09 bits per heavy atom. The number of benzene rings is 1. The standard InChI is InChI=1S/C17H16N2O3/c1-18(2)17(21)15-9-8-13(22-15)11-19-14-6-4-3-5-12(14)7-10-16(19)20/h3-10H,11H2,1-2H3. The second-order valence-electron chi connectivity index (χ2n) is 5.28. The number of nitrogens with zero attached hydrogens (tertiary/aromatic N) is 2. The van der Waals surface area contributed by atoms with Crippen molar-refractivity contribution in [2.45, 2.75) is 6.54 Å². The number of hydrogen-bond acceptors (Lipinski definition) is 3. The van der Waals surface area contributed by atoms with E-state index in [1.165, 1.54) is 11.0 Å². The third-order valence-electron chi connectivity index (χ3n) is 3.49. The van der Waals surface area contributed by atoms with Crippen LogP contribution in [0.25, 0.3) is 10.9 Å². The van der Waals surface area contributed by atoms with E-state index in [-0.39, 0.29) is 17.2 Å². The van der Waals surface area contributed by atoms with Crippen LogP contribution in [0.15, 0.2) is 57.7 Å². The molecule has 3 rings (SSSR count). The highest BCUT2D eigenvalue weighted by atomic mass is 16.4. The summed E-state index contributed by atoms with van der Waals surface area (Å²) in [4.78, 5) is 25.4. The van der Waals surface area contributed by atoms with Gasteiger partial charge < -0.3 is 13.9 Å². The predicted molar refractivity (Wildman–Crippen MR) is 84.0 cm³/mol. The first-order valence-electron chi connectivity index (χ1n) is 6.95. The van der Waals surface area contributed by atoms with Crippen molar-refractivity contribution in [1.82, 2.24) is 9.47 Å². The molecule has 0 N–H and O–H groups in total. The van der Waals surface area contributed by atoms with Gasteiger partial charge in [-0.05, 0) is 29.7 Å². The summed E-state index contributed by atoms with van der Waals surface area (Å²) in [5.41, 5.74) is 0.738. The summed E-state index contributed by atoms with van der Waals surface area (Å²) >= 11 is 0. The van der Waals surface area contributed by atoms with Crippen LogP contribution in [0, 0.1) is 0 Å². The average molecular weight is 296 g/mol. The Balaban J connectivity index is 1.99. The lowest BCUT2D eigenvalue weighted by Crippen LogP contribution is -2.21. The Labute approximate surface area is 127 Å². The van der Waals surface area contributed by atoms with E-state index in [0.29, 0.717) is 12.3 Å². The van der Waals surface area contributed by atoms with E-state index in [1.807, 2.05) is 24.3 Å². The highest BCUT2D eigenvalue weighted by Gasteiger charge is 2.14. The van der Waals surface area contributed by atoms with Gasteiger partial charge in [0.1, 0.15) is 5.76 Å². The van der Waals surface area contributed by atoms with Crippen molar-refractivity contribution in [1.29, 1.82) is 0 Å². The van der Waals surface area contributed by atoms with Crippen LogP contribution in [0.3, 0.4) is 0 Å². The first kappa shape index (κ1) is 14.1. The summed E-state index contributed by atoms with van der Waals surface area (Å²) in [5, 5.41) is 0.984. The molecule has 5 heteroatoms. The van der Waals surface area contributed by atoms with Gasteiger partial charge in [0.2, 0.25) is 0 Å². The van der Waals surface area contributed by atoms with Crippen molar-refractivity contribution < 1.29 is 9.21 Å². The first-order valence-corrected chi connectivity index (χ1v) is 6.95. The number of amides is 1. The maximum atomic E-state index is 12.1. The quantitative estimate of drug-likeness (QED) is 0.745. The molecule has 0 unspecified atom stereocenters. The molecule has 0 aliphatic heterocycles. The Morgan fingerprint density at radius 2 is 1.86 bits per heavy atom. The van der Waals surface area contributed by atoms with Crippen LogP contribution in [0.2, 0.25) is 0 Å². The van der Waals surface area contributed by atoms with Gasteiger partial charge in [0.15, 0.2) is 5.76 Å². The molecule has 112 valence electrons. The van der Waals surface area contributed by atoms with Crippen molar-refractivity contribution in [2.24, 2.45) is 0 Å². The number of pyridine rings is 1. The lowest BCUT2D eigenvalue weighted by Gasteiger charge is -2.09. The van der Waals surface area contributed by atoms with Crippen LogP contribution in [-0.2, 0) is 6.54 Å². The summed E-state index contributed by atoms with van der Waals surface area (Å²) in [6.45, 7) is 0.293. The molecule has 1 aromatic carbocycles. The molecule has 3 aromatic rings. The number of furan rings is 1. The third-order valence-corrected chi connectivity index (χ3v) is 3.49. The zero-order valence-corrected chi connectivity index (χ0v) is 12.4. The molecule has 0 radical (unpaired) electrons. The Kier molecular flexibility index (Phi) is 3.55. The molecule has 22 heavy (non-hydrogen) atoms. The second-order valence-corrected chi connectivity index (χ2v) is 5.28. The monoisotopic (exact) mass is 296 g/mol. The lowest BCUT2D eigenvalue weighted by atomic mass is 10.2. The topological polar surface area (TPSA) is 55.5 Å². The summed E-state index contributed by atoms with van der Waals surface area (Å²) in [7, 11) is 3.33. The van der Waals surface area contributed by atoms with Gasteiger partial charge in [-0.2, -0.15) is 0 Å². The maximum Gasteiger partial charge on any atom is 0.289 e. The van der Waals surface area contributed by atoms with Gasteiger partial charge in [0.05, 0.1) is 12.1 Å². The molecule has 2 heterocycles. The van der Waals surface area contributed by atoms with Crippen molar-refractivity contribution in [3.63, 3.8) is 0 Å². The molecule has 2 aromatic heterocycles. The largest absolute Gasteiger partial charge is 0.454 e. The number of rotatable bonds is 3. The van der Waals surface area contributed by atoms with Gasteiger partial charge in [0, 0.05) is 20.2 Å². The molecular weight excluding hydrogens is 280 g/mol. The molecule has 0 aliphatic carbocycles. The number of carbonyl (C=O) groups is 1. The number of carbonyl (C=O) groups excluding carboxylic acids is 1. The van der Waals surface area contributed by atoms with Crippen molar-refractivity contribution >= 4 is 16.8 Å². The summed E-state index contributed by atoms with van der Waals surface area (Å²) in [6.07, 6.45) is 0. The van der Waals surface area contributed by atoms with E-state index in [0.717, 1.165) is 10.9 Å². The third kappa shape index (κ3) is 2.53. The van der Waals surface area contributed by atoms with E-state index in [1.54, 1.807) is 36.9 Å². The highest BCUT2D eigenvalue weighted by molar-refractivity contribution is 5.91. The minimum atomic E-state index is -0.198. The van der Waals surface area contributed by atoms with Crippen LogP contribution in [0.4, 0.5) is 0 Å². The summed E-state index contributed by atoms with van der Waals surface area (Å²) in [6, 6.07) is 14.4. The zero-order chi connectivity index (χ0) is 15.7. The predicted octanol–water partition coefficient (Wildman–Crippen LogP) is 2.34. The van der Waals surface area contributed by atoms with Crippen LogP contribution in [0.5, 0.6) is 0 Å². The van der Waals surface area contributed by atoms with Crippen molar-refractivity contribution in [3.8, 4) is 0 Å². The highest BCUT2D eigenvalue weighted by Crippen LogP contribution is 2.15. The molecule has 0 fully saturated rings. The Hall–Kier alpha value is -2.82. The maximum absolute atomic E-state index is 12.1.